The molecule has 1 aromatic heterocycles. The topological polar surface area (TPSA) is 87.2 Å². The van der Waals surface area contributed by atoms with E-state index in [1.807, 2.05) is 19.9 Å². The number of nitrogens with zero attached hydrogens (tertiary/aromatic N) is 1. The summed E-state index contributed by atoms with van der Waals surface area (Å²) in [4.78, 5) is 12.1. The molecular formula is C15H17N3O3S. The second-order valence-electron chi connectivity index (χ2n) is 5.19. The van der Waals surface area contributed by atoms with E-state index in [2.05, 4.69) is 15.5 Å². The van der Waals surface area contributed by atoms with Gasteiger partial charge < -0.3 is 15.2 Å². The van der Waals surface area contributed by atoms with Gasteiger partial charge in [-0.15, -0.1) is 11.8 Å². The zero-order chi connectivity index (χ0) is 15.9. The van der Waals surface area contributed by atoms with Crippen LogP contribution in [0.5, 0.6) is 11.5 Å². The summed E-state index contributed by atoms with van der Waals surface area (Å²) >= 11 is 1.55. The quantitative estimate of drug-likeness (QED) is 0.792. The van der Waals surface area contributed by atoms with Gasteiger partial charge in [-0.25, -0.2) is 0 Å². The van der Waals surface area contributed by atoms with Crippen molar-refractivity contribution in [2.45, 2.75) is 24.3 Å². The van der Waals surface area contributed by atoms with E-state index < -0.39 is 0 Å². The monoisotopic (exact) mass is 319 g/mol. The number of nitrogens with one attached hydrogen (secondary N) is 2. The summed E-state index contributed by atoms with van der Waals surface area (Å²) in [6.45, 7) is 3.80. The molecule has 2 aromatic rings. The molecule has 22 heavy (non-hydrogen) atoms. The van der Waals surface area contributed by atoms with E-state index in [0.29, 0.717) is 11.6 Å². The van der Waals surface area contributed by atoms with E-state index in [1.54, 1.807) is 23.9 Å². The third-order valence-electron chi connectivity index (χ3n) is 3.71. The number of phenolic OH excluding ortho intramolecular Hbond substituents is 1. The smallest absolute Gasteiger partial charge is 0.238 e. The number of carbonyl (C=O) groups is 1. The van der Waals surface area contributed by atoms with Crippen LogP contribution in [0.4, 0.5) is 5.82 Å². The van der Waals surface area contributed by atoms with Gasteiger partial charge in [-0.1, -0.05) is 6.07 Å². The van der Waals surface area contributed by atoms with Gasteiger partial charge in [0.2, 0.25) is 5.91 Å². The molecule has 2 heterocycles. The van der Waals surface area contributed by atoms with Crippen LogP contribution in [0.2, 0.25) is 0 Å². The number of rotatable bonds is 2. The van der Waals surface area contributed by atoms with Crippen LogP contribution in [0.1, 0.15) is 29.0 Å². The normalized spacial score (nSPS) is 21.0. The molecule has 0 bridgehead atoms. The number of ether oxygens (including phenoxy) is 1. The number of aryl methyl sites for hydroxylation is 1. The van der Waals surface area contributed by atoms with Gasteiger partial charge in [0, 0.05) is 11.3 Å². The zero-order valence-corrected chi connectivity index (χ0v) is 13.3. The molecule has 7 heteroatoms. The summed E-state index contributed by atoms with van der Waals surface area (Å²) in [5.74, 6) is 1.01. The fourth-order valence-corrected chi connectivity index (χ4v) is 3.83. The minimum Gasteiger partial charge on any atom is -0.504 e. The number of benzene rings is 1. The van der Waals surface area contributed by atoms with Gasteiger partial charge in [0.1, 0.15) is 0 Å². The average Bonchev–Trinajstić information content (AvgIpc) is 2.79. The number of hydrogen-bond acceptors (Lipinski definition) is 5. The minimum absolute atomic E-state index is 0.0639. The van der Waals surface area contributed by atoms with Gasteiger partial charge in [-0.3, -0.25) is 9.89 Å². The van der Waals surface area contributed by atoms with Crippen molar-refractivity contribution in [3.63, 3.8) is 0 Å². The first kappa shape index (κ1) is 14.8. The molecule has 6 nitrogen and oxygen atoms in total. The Bertz CT molecular complexity index is 729. The minimum atomic E-state index is -0.210. The summed E-state index contributed by atoms with van der Waals surface area (Å²) in [6.07, 6.45) is 0. The number of methoxy groups -OCH3 is 1. The van der Waals surface area contributed by atoms with E-state index in [9.17, 15) is 9.90 Å². The van der Waals surface area contributed by atoms with Crippen molar-refractivity contribution in [3.05, 3.63) is 35.0 Å². The van der Waals surface area contributed by atoms with E-state index in [0.717, 1.165) is 16.8 Å². The summed E-state index contributed by atoms with van der Waals surface area (Å²) in [5.41, 5.74) is 2.82. The highest BCUT2D eigenvalue weighted by Gasteiger charge is 2.32. The van der Waals surface area contributed by atoms with E-state index in [1.165, 1.54) is 7.11 Å². The van der Waals surface area contributed by atoms with Crippen LogP contribution in [0.25, 0.3) is 0 Å². The molecule has 0 saturated carbocycles. The molecule has 0 spiro atoms. The predicted octanol–water partition coefficient (Wildman–Crippen LogP) is 2.60. The number of thioether (sulfide) groups is 1. The highest BCUT2D eigenvalue weighted by Crippen LogP contribution is 2.46. The molecule has 0 fully saturated rings. The third kappa shape index (κ3) is 2.41. The molecule has 3 rings (SSSR count). The van der Waals surface area contributed by atoms with E-state index in [-0.39, 0.29) is 22.2 Å². The second kappa shape index (κ2) is 5.57. The first-order chi connectivity index (χ1) is 10.5. The summed E-state index contributed by atoms with van der Waals surface area (Å²) in [6, 6.07) is 5.24. The van der Waals surface area contributed by atoms with Gasteiger partial charge in [0.25, 0.3) is 0 Å². The number of amides is 1. The van der Waals surface area contributed by atoms with Crippen LogP contribution in [-0.4, -0.2) is 33.6 Å². The Kier molecular flexibility index (Phi) is 3.74. The molecule has 0 aliphatic carbocycles. The first-order valence-corrected chi connectivity index (χ1v) is 7.83. The maximum atomic E-state index is 12.1. The van der Waals surface area contributed by atoms with Gasteiger partial charge in [0.05, 0.1) is 17.6 Å². The van der Waals surface area contributed by atoms with E-state index in [4.69, 9.17) is 4.74 Å². The van der Waals surface area contributed by atoms with Crippen LogP contribution >= 0.6 is 11.8 Å². The second-order valence-corrected chi connectivity index (χ2v) is 6.64. The molecule has 1 aliphatic heterocycles. The van der Waals surface area contributed by atoms with Crippen molar-refractivity contribution < 1.29 is 14.6 Å². The lowest BCUT2D eigenvalue weighted by Gasteiger charge is -2.18. The molecule has 1 amide bonds. The van der Waals surface area contributed by atoms with Crippen molar-refractivity contribution in [1.29, 1.82) is 0 Å². The largest absolute Gasteiger partial charge is 0.504 e. The number of aromatic nitrogens is 2. The van der Waals surface area contributed by atoms with Crippen LogP contribution in [0.15, 0.2) is 18.2 Å². The maximum Gasteiger partial charge on any atom is 0.238 e. The Morgan fingerprint density at radius 2 is 2.18 bits per heavy atom. The molecular weight excluding hydrogens is 302 g/mol. The lowest BCUT2D eigenvalue weighted by Crippen LogP contribution is -2.21. The van der Waals surface area contributed by atoms with Gasteiger partial charge in [0.15, 0.2) is 17.3 Å². The fraction of sp³-hybridized carbons (Fsp3) is 0.333. The Hall–Kier alpha value is -2.15. The van der Waals surface area contributed by atoms with Crippen LogP contribution in [-0.2, 0) is 4.79 Å². The van der Waals surface area contributed by atoms with Crippen molar-refractivity contribution in [3.8, 4) is 11.5 Å². The lowest BCUT2D eigenvalue weighted by molar-refractivity contribution is -0.115. The van der Waals surface area contributed by atoms with E-state index >= 15 is 0 Å². The standard InChI is InChI=1S/C15H17N3O3S/c1-7-12-13(9-4-5-10(19)11(6-9)21-3)22-8(2)15(20)16-14(12)18-17-7/h4-6,8,13,19H,1-3H3,(H2,16,17,18,20)/t8-,13-/m1/s1. The predicted molar refractivity (Wildman–Crippen MR) is 85.5 cm³/mol. The first-order valence-electron chi connectivity index (χ1n) is 6.89. The molecule has 1 aliphatic rings. The van der Waals surface area contributed by atoms with Crippen LogP contribution in [0, 0.1) is 6.92 Å². The number of H-pyrrole nitrogens is 1. The number of aromatic hydroxyl groups is 1. The molecule has 0 saturated heterocycles. The Morgan fingerprint density at radius 1 is 1.41 bits per heavy atom. The molecule has 2 atom stereocenters. The third-order valence-corrected chi connectivity index (χ3v) is 5.12. The molecule has 3 N–H and O–H groups in total. The van der Waals surface area contributed by atoms with Crippen LogP contribution < -0.4 is 10.1 Å². The highest BCUT2D eigenvalue weighted by molar-refractivity contribution is 8.01. The zero-order valence-electron chi connectivity index (χ0n) is 12.5. The Balaban J connectivity index is 2.12. The molecule has 1 aromatic carbocycles. The Labute approximate surface area is 132 Å². The number of fused-ring (bicyclic) bond motifs is 1. The summed E-state index contributed by atoms with van der Waals surface area (Å²) < 4.78 is 5.19. The van der Waals surface area contributed by atoms with Gasteiger partial charge >= 0.3 is 0 Å². The summed E-state index contributed by atoms with van der Waals surface area (Å²) in [5, 5.41) is 19.5. The maximum absolute atomic E-state index is 12.1. The molecule has 0 unspecified atom stereocenters. The summed E-state index contributed by atoms with van der Waals surface area (Å²) in [7, 11) is 1.52. The SMILES string of the molecule is COc1cc([C@H]2S[C@H](C)C(=O)Nc3n[nH]c(C)c32)ccc1O. The van der Waals surface area contributed by atoms with Crippen molar-refractivity contribution >= 4 is 23.5 Å². The van der Waals surface area contributed by atoms with Gasteiger partial charge in [-0.2, -0.15) is 5.10 Å². The Morgan fingerprint density at radius 3 is 2.91 bits per heavy atom. The van der Waals surface area contributed by atoms with Crippen molar-refractivity contribution in [2.75, 3.05) is 12.4 Å². The van der Waals surface area contributed by atoms with Gasteiger partial charge in [-0.05, 0) is 31.5 Å². The number of anilines is 1. The van der Waals surface area contributed by atoms with Crippen molar-refractivity contribution in [2.24, 2.45) is 0 Å². The average molecular weight is 319 g/mol. The molecule has 116 valence electrons. The molecule has 0 radical (unpaired) electrons. The lowest BCUT2D eigenvalue weighted by atomic mass is 10.0. The van der Waals surface area contributed by atoms with Crippen LogP contribution in [0.3, 0.4) is 0 Å². The van der Waals surface area contributed by atoms with Crippen molar-refractivity contribution in [1.82, 2.24) is 10.2 Å². The number of phenols is 1. The number of aromatic amines is 1. The number of carbonyl (C=O) groups excluding carboxylic acids is 1. The fourth-order valence-electron chi connectivity index (χ4n) is 2.51. The highest BCUT2D eigenvalue weighted by atomic mass is 32.2. The number of hydrogen-bond donors (Lipinski definition) is 3.